The second-order valence-electron chi connectivity index (χ2n) is 9.49. The number of halogens is 2. The summed E-state index contributed by atoms with van der Waals surface area (Å²) in [7, 11) is 0. The first-order valence-electron chi connectivity index (χ1n) is 11.8. The number of aliphatic hydroxyl groups excluding tert-OH is 1. The maximum Gasteiger partial charge on any atom is 0.262 e. The molecule has 3 N–H and O–H groups in total. The van der Waals surface area contributed by atoms with Gasteiger partial charge in [0.05, 0.1) is 53.9 Å². The van der Waals surface area contributed by atoms with E-state index in [1.54, 1.807) is 24.5 Å². The zero-order valence-electron chi connectivity index (χ0n) is 19.8. The van der Waals surface area contributed by atoms with E-state index >= 15 is 0 Å². The lowest BCUT2D eigenvalue weighted by molar-refractivity contribution is 0.0974. The smallest absolute Gasteiger partial charge is 0.262 e. The SMILES string of the molecule is C[C@@H]1OCC2(CCN(c3cnc(Sc4ccc5ncn(CC(O)CF)c(=O)c5c4Cl)cn3)CC2)[C@@H]1N. The van der Waals surface area contributed by atoms with Crippen LogP contribution < -0.4 is 16.2 Å². The van der Waals surface area contributed by atoms with Gasteiger partial charge in [-0.3, -0.25) is 9.36 Å². The number of anilines is 1. The molecule has 2 saturated heterocycles. The number of aromatic nitrogens is 4. The van der Waals surface area contributed by atoms with Crippen LogP contribution in [0.4, 0.5) is 10.2 Å². The Morgan fingerprint density at radius 1 is 1.31 bits per heavy atom. The summed E-state index contributed by atoms with van der Waals surface area (Å²) in [4.78, 5) is 29.1. The largest absolute Gasteiger partial charge is 0.389 e. The van der Waals surface area contributed by atoms with Gasteiger partial charge in [0, 0.05) is 29.4 Å². The zero-order valence-corrected chi connectivity index (χ0v) is 21.4. The first-order chi connectivity index (χ1) is 17.3. The Kier molecular flexibility index (Phi) is 7.19. The summed E-state index contributed by atoms with van der Waals surface area (Å²) in [6, 6.07) is 3.53. The summed E-state index contributed by atoms with van der Waals surface area (Å²) in [5, 5.41) is 10.7. The molecule has 4 heterocycles. The summed E-state index contributed by atoms with van der Waals surface area (Å²) >= 11 is 7.88. The number of hydrogen-bond acceptors (Lipinski definition) is 9. The molecule has 2 aliphatic heterocycles. The molecule has 36 heavy (non-hydrogen) atoms. The average Bonchev–Trinajstić information content (AvgIpc) is 3.16. The molecule has 2 aliphatic rings. The van der Waals surface area contributed by atoms with Crippen molar-refractivity contribution in [2.75, 3.05) is 31.3 Å². The standard InChI is InChI=1S/C24H28ClFN6O3S/c1-14-22(27)24(12-35-14)4-6-31(7-5-24)18-9-29-19(10-28-18)36-17-3-2-16-20(21(17)25)23(34)32(13-30-16)11-15(33)8-26/h2-3,9-10,13-15,22,33H,4-8,11-12,27H2,1H3/t14-,15?,22+/m0/s1. The van der Waals surface area contributed by atoms with E-state index in [1.807, 2.05) is 6.92 Å². The summed E-state index contributed by atoms with van der Waals surface area (Å²) < 4.78 is 19.7. The molecule has 0 bridgehead atoms. The first-order valence-corrected chi connectivity index (χ1v) is 13.0. The Morgan fingerprint density at radius 3 is 2.72 bits per heavy atom. The second-order valence-corrected chi connectivity index (χ2v) is 10.9. The minimum Gasteiger partial charge on any atom is -0.389 e. The number of benzene rings is 1. The van der Waals surface area contributed by atoms with Gasteiger partial charge in [-0.2, -0.15) is 0 Å². The molecular formula is C24H28ClFN6O3S. The molecule has 3 atom stereocenters. The summed E-state index contributed by atoms with van der Waals surface area (Å²) in [5.74, 6) is 0.804. The van der Waals surface area contributed by atoms with Crippen molar-refractivity contribution in [3.63, 3.8) is 0 Å². The van der Waals surface area contributed by atoms with E-state index in [2.05, 4.69) is 19.9 Å². The third-order valence-corrected chi connectivity index (χ3v) is 8.72. The lowest BCUT2D eigenvalue weighted by Crippen LogP contribution is -2.50. The lowest BCUT2D eigenvalue weighted by Gasteiger charge is -2.41. The molecule has 3 aromatic rings. The Hall–Kier alpha value is -2.31. The van der Waals surface area contributed by atoms with Crippen molar-refractivity contribution in [2.45, 2.75) is 54.5 Å². The molecule has 0 radical (unpaired) electrons. The molecule has 0 amide bonds. The predicted octanol–water partition coefficient (Wildman–Crippen LogP) is 2.65. The average molecular weight is 535 g/mol. The molecule has 2 aromatic heterocycles. The number of aliphatic hydroxyl groups is 1. The molecule has 0 aliphatic carbocycles. The van der Waals surface area contributed by atoms with Gasteiger partial charge >= 0.3 is 0 Å². The number of ether oxygens (including phenoxy) is 1. The lowest BCUT2D eigenvalue weighted by atomic mass is 9.73. The molecule has 12 heteroatoms. The van der Waals surface area contributed by atoms with Crippen molar-refractivity contribution in [1.29, 1.82) is 0 Å². The van der Waals surface area contributed by atoms with Gasteiger partial charge in [-0.25, -0.2) is 19.3 Å². The Morgan fingerprint density at radius 2 is 2.08 bits per heavy atom. The number of rotatable bonds is 6. The van der Waals surface area contributed by atoms with E-state index in [1.165, 1.54) is 18.1 Å². The number of nitrogens with two attached hydrogens (primary N) is 1. The van der Waals surface area contributed by atoms with E-state index < -0.39 is 18.3 Å². The molecule has 2 fully saturated rings. The van der Waals surface area contributed by atoms with Crippen molar-refractivity contribution >= 4 is 40.1 Å². The molecule has 1 unspecified atom stereocenters. The van der Waals surface area contributed by atoms with E-state index in [-0.39, 0.29) is 34.5 Å². The Labute approximate surface area is 216 Å². The van der Waals surface area contributed by atoms with Gasteiger partial charge in [0.1, 0.15) is 23.6 Å². The van der Waals surface area contributed by atoms with Gasteiger partial charge in [-0.1, -0.05) is 23.4 Å². The monoisotopic (exact) mass is 534 g/mol. The summed E-state index contributed by atoms with van der Waals surface area (Å²) in [5.41, 5.74) is 6.45. The molecule has 5 rings (SSSR count). The molecule has 0 saturated carbocycles. The third-order valence-electron chi connectivity index (χ3n) is 7.24. The highest BCUT2D eigenvalue weighted by Crippen LogP contribution is 2.42. The van der Waals surface area contributed by atoms with E-state index in [0.29, 0.717) is 22.0 Å². The maximum absolute atomic E-state index is 12.9. The highest BCUT2D eigenvalue weighted by molar-refractivity contribution is 7.99. The van der Waals surface area contributed by atoms with Gasteiger partial charge < -0.3 is 20.5 Å². The number of piperidine rings is 1. The van der Waals surface area contributed by atoms with Crippen LogP contribution in [0.1, 0.15) is 19.8 Å². The first kappa shape index (κ1) is 25.3. The minimum atomic E-state index is -1.29. The zero-order chi connectivity index (χ0) is 25.4. The molecule has 1 spiro atoms. The number of hydrogen-bond donors (Lipinski definition) is 2. The van der Waals surface area contributed by atoms with Gasteiger partial charge in [-0.05, 0) is 31.9 Å². The number of alkyl halides is 1. The topological polar surface area (TPSA) is 119 Å². The Bertz CT molecular complexity index is 1300. The van der Waals surface area contributed by atoms with Gasteiger partial charge in [0.15, 0.2) is 0 Å². The van der Waals surface area contributed by atoms with Crippen LogP contribution in [-0.2, 0) is 11.3 Å². The Balaban J connectivity index is 1.30. The molecule has 9 nitrogen and oxygen atoms in total. The second kappa shape index (κ2) is 10.2. The highest BCUT2D eigenvalue weighted by atomic mass is 35.5. The molecule has 192 valence electrons. The normalized spacial score (nSPS) is 22.4. The fourth-order valence-electron chi connectivity index (χ4n) is 4.96. The number of fused-ring (bicyclic) bond motifs is 1. The van der Waals surface area contributed by atoms with Crippen molar-refractivity contribution in [1.82, 2.24) is 19.5 Å². The molecular weight excluding hydrogens is 507 g/mol. The van der Waals surface area contributed by atoms with Crippen LogP contribution >= 0.6 is 23.4 Å². The fourth-order valence-corrected chi connectivity index (χ4v) is 6.08. The van der Waals surface area contributed by atoms with Crippen LogP contribution in [0.2, 0.25) is 5.02 Å². The summed E-state index contributed by atoms with van der Waals surface area (Å²) in [6.45, 7) is 3.29. The number of nitrogens with zero attached hydrogens (tertiary/aromatic N) is 5. The van der Waals surface area contributed by atoms with Crippen molar-refractivity contribution < 1.29 is 14.2 Å². The van der Waals surface area contributed by atoms with Crippen LogP contribution in [0.15, 0.2) is 45.6 Å². The van der Waals surface area contributed by atoms with Crippen LogP contribution in [0.3, 0.4) is 0 Å². The quantitative estimate of drug-likeness (QED) is 0.491. The van der Waals surface area contributed by atoms with Crippen LogP contribution in [-0.4, -0.2) is 69.2 Å². The van der Waals surface area contributed by atoms with Gasteiger partial charge in [-0.15, -0.1) is 0 Å². The van der Waals surface area contributed by atoms with E-state index in [0.717, 1.165) is 36.3 Å². The van der Waals surface area contributed by atoms with Crippen LogP contribution in [0, 0.1) is 5.41 Å². The van der Waals surface area contributed by atoms with E-state index in [9.17, 15) is 14.3 Å². The highest BCUT2D eigenvalue weighted by Gasteiger charge is 2.47. The fraction of sp³-hybridized carbons (Fsp3) is 0.500. The van der Waals surface area contributed by atoms with Gasteiger partial charge in [0.2, 0.25) is 0 Å². The van der Waals surface area contributed by atoms with E-state index in [4.69, 9.17) is 22.1 Å². The molecule has 1 aromatic carbocycles. The van der Waals surface area contributed by atoms with Crippen LogP contribution in [0.5, 0.6) is 0 Å². The predicted molar refractivity (Wildman–Crippen MR) is 136 cm³/mol. The minimum absolute atomic E-state index is 0.0450. The maximum atomic E-state index is 12.9. The van der Waals surface area contributed by atoms with Crippen molar-refractivity contribution in [3.05, 3.63) is 46.2 Å². The van der Waals surface area contributed by atoms with Crippen molar-refractivity contribution in [3.8, 4) is 0 Å². The van der Waals surface area contributed by atoms with Gasteiger partial charge in [0.25, 0.3) is 5.56 Å². The summed E-state index contributed by atoms with van der Waals surface area (Å²) in [6.07, 6.45) is 5.44. The van der Waals surface area contributed by atoms with Crippen molar-refractivity contribution in [2.24, 2.45) is 11.1 Å². The van der Waals surface area contributed by atoms with Crippen LogP contribution in [0.25, 0.3) is 10.9 Å². The third kappa shape index (κ3) is 4.70.